The van der Waals surface area contributed by atoms with E-state index in [1.165, 1.54) is 6.08 Å². The Morgan fingerprint density at radius 1 is 1.69 bits per heavy atom. The monoisotopic (exact) mass is 184 g/mol. The van der Waals surface area contributed by atoms with Crippen molar-refractivity contribution in [2.75, 3.05) is 0 Å². The molecule has 13 heavy (non-hydrogen) atoms. The van der Waals surface area contributed by atoms with E-state index in [-0.39, 0.29) is 6.42 Å². The molecule has 0 saturated carbocycles. The van der Waals surface area contributed by atoms with Gasteiger partial charge in [0.15, 0.2) is 0 Å². The van der Waals surface area contributed by atoms with Crippen molar-refractivity contribution in [3.8, 4) is 0 Å². The van der Waals surface area contributed by atoms with E-state index in [0.717, 1.165) is 6.21 Å². The van der Waals surface area contributed by atoms with Crippen molar-refractivity contribution >= 4 is 18.1 Å². The number of carbonyl (C=O) groups is 2. The lowest BCUT2D eigenvalue weighted by atomic mass is 10.1. The largest absolute Gasteiger partial charge is 0.465 e. The molecule has 1 atom stereocenters. The SMILES string of the molecule is C=CCC(NC(=O)O)C(=O)C=[N+]=N. The number of nitrogens with zero attached hydrogens (tertiary/aromatic N) is 1. The summed E-state index contributed by atoms with van der Waals surface area (Å²) >= 11 is 0. The van der Waals surface area contributed by atoms with E-state index in [0.29, 0.717) is 0 Å². The summed E-state index contributed by atoms with van der Waals surface area (Å²) in [4.78, 5) is 24.0. The molecule has 1 unspecified atom stereocenters. The van der Waals surface area contributed by atoms with E-state index in [4.69, 9.17) is 10.6 Å². The number of nitrogens with one attached hydrogen (secondary N) is 2. The zero-order chi connectivity index (χ0) is 10.3. The Hall–Kier alpha value is -1.94. The van der Waals surface area contributed by atoms with Crippen LogP contribution in [0, 0.1) is 5.53 Å². The van der Waals surface area contributed by atoms with Crippen molar-refractivity contribution in [1.82, 2.24) is 5.32 Å². The molecule has 0 bridgehead atoms. The van der Waals surface area contributed by atoms with Crippen molar-refractivity contribution in [3.63, 3.8) is 0 Å². The number of Topliss-reactive ketones (excluding diaryl/α,β-unsaturated/α-hetero) is 1. The van der Waals surface area contributed by atoms with Crippen molar-refractivity contribution < 1.29 is 19.5 Å². The Kier molecular flexibility index (Phi) is 4.83. The van der Waals surface area contributed by atoms with E-state index >= 15 is 0 Å². The lowest BCUT2D eigenvalue weighted by molar-refractivity contribution is -0.132. The van der Waals surface area contributed by atoms with E-state index in [1.54, 1.807) is 0 Å². The Morgan fingerprint density at radius 2 is 2.31 bits per heavy atom. The molecule has 0 aliphatic rings. The number of hydrogen-bond donors (Lipinski definition) is 3. The fraction of sp³-hybridized carbons (Fsp3) is 0.286. The van der Waals surface area contributed by atoms with Crippen LogP contribution < -0.4 is 5.32 Å². The fourth-order valence-electron chi connectivity index (χ4n) is 0.716. The lowest BCUT2D eigenvalue weighted by Gasteiger charge is -2.07. The van der Waals surface area contributed by atoms with Crippen LogP contribution >= 0.6 is 0 Å². The minimum absolute atomic E-state index is 0.178. The third-order valence-electron chi connectivity index (χ3n) is 1.24. The average Bonchev–Trinajstić information content (AvgIpc) is 2.03. The van der Waals surface area contributed by atoms with Gasteiger partial charge in [-0.05, 0) is 6.42 Å². The minimum Gasteiger partial charge on any atom is -0.465 e. The van der Waals surface area contributed by atoms with Crippen molar-refractivity contribution in [3.05, 3.63) is 12.7 Å². The maximum Gasteiger partial charge on any atom is 0.405 e. The highest BCUT2D eigenvalue weighted by Crippen LogP contribution is 1.93. The van der Waals surface area contributed by atoms with Crippen LogP contribution in [0.1, 0.15) is 6.42 Å². The van der Waals surface area contributed by atoms with E-state index in [9.17, 15) is 9.59 Å². The Bertz CT molecular complexity index is 268. The average molecular weight is 184 g/mol. The van der Waals surface area contributed by atoms with E-state index < -0.39 is 17.9 Å². The number of amides is 1. The van der Waals surface area contributed by atoms with Gasteiger partial charge in [-0.15, -0.1) is 6.58 Å². The zero-order valence-electron chi connectivity index (χ0n) is 6.86. The van der Waals surface area contributed by atoms with Gasteiger partial charge in [0.2, 0.25) is 0 Å². The molecule has 0 aliphatic heterocycles. The third-order valence-corrected chi connectivity index (χ3v) is 1.24. The molecule has 0 heterocycles. The normalized spacial score (nSPS) is 10.8. The Labute approximate surface area is 74.5 Å². The number of ketones is 1. The van der Waals surface area contributed by atoms with Crippen molar-refractivity contribution in [1.29, 1.82) is 5.53 Å². The molecule has 0 aromatic heterocycles. The topological polar surface area (TPSA) is 104 Å². The molecule has 0 spiro atoms. The summed E-state index contributed by atoms with van der Waals surface area (Å²) in [6.45, 7) is 3.37. The van der Waals surface area contributed by atoms with Crippen molar-refractivity contribution in [2.45, 2.75) is 12.5 Å². The molecular weight excluding hydrogens is 174 g/mol. The highest BCUT2D eigenvalue weighted by Gasteiger charge is 2.20. The van der Waals surface area contributed by atoms with Gasteiger partial charge in [0, 0.05) is 0 Å². The van der Waals surface area contributed by atoms with Gasteiger partial charge in [-0.3, -0.25) is 4.79 Å². The molecule has 6 nitrogen and oxygen atoms in total. The second-order valence-corrected chi connectivity index (χ2v) is 2.19. The number of hydrogen-bond acceptors (Lipinski definition) is 3. The zero-order valence-corrected chi connectivity index (χ0v) is 6.86. The molecule has 1 amide bonds. The van der Waals surface area contributed by atoms with Gasteiger partial charge in [0.25, 0.3) is 5.78 Å². The summed E-state index contributed by atoms with van der Waals surface area (Å²) in [6, 6.07) is -0.899. The second-order valence-electron chi connectivity index (χ2n) is 2.19. The highest BCUT2D eigenvalue weighted by atomic mass is 16.4. The Morgan fingerprint density at radius 3 is 2.69 bits per heavy atom. The smallest absolute Gasteiger partial charge is 0.405 e. The van der Waals surface area contributed by atoms with Crippen LogP contribution in [0.4, 0.5) is 4.79 Å². The third kappa shape index (κ3) is 4.49. The fourth-order valence-corrected chi connectivity index (χ4v) is 0.716. The number of carboxylic acid groups (broad SMARTS) is 1. The predicted molar refractivity (Wildman–Crippen MR) is 43.8 cm³/mol. The van der Waals surface area contributed by atoms with Crippen LogP contribution in [0.25, 0.3) is 0 Å². The van der Waals surface area contributed by atoms with Gasteiger partial charge in [-0.25, -0.2) is 4.79 Å². The first-order valence-corrected chi connectivity index (χ1v) is 3.45. The molecule has 0 radical (unpaired) electrons. The van der Waals surface area contributed by atoms with Crippen LogP contribution in [0.2, 0.25) is 0 Å². The van der Waals surface area contributed by atoms with Gasteiger partial charge < -0.3 is 10.4 Å². The molecule has 3 N–H and O–H groups in total. The summed E-state index contributed by atoms with van der Waals surface area (Å²) in [7, 11) is 0. The van der Waals surface area contributed by atoms with Crippen LogP contribution in [0.3, 0.4) is 0 Å². The van der Waals surface area contributed by atoms with Crippen LogP contribution in [-0.2, 0) is 4.79 Å². The maximum atomic E-state index is 11.0. The van der Waals surface area contributed by atoms with Crippen LogP contribution in [0.15, 0.2) is 12.7 Å². The highest BCUT2D eigenvalue weighted by molar-refractivity contribution is 6.28. The minimum atomic E-state index is -1.29. The first kappa shape index (κ1) is 11.1. The number of rotatable bonds is 5. The molecule has 0 aromatic rings. The van der Waals surface area contributed by atoms with Crippen molar-refractivity contribution in [2.24, 2.45) is 0 Å². The summed E-state index contributed by atoms with van der Waals surface area (Å²) in [5, 5.41) is 10.3. The van der Waals surface area contributed by atoms with Gasteiger partial charge in [0.05, 0.1) is 10.3 Å². The summed E-state index contributed by atoms with van der Waals surface area (Å²) in [6.07, 6.45) is 1.05. The molecule has 0 fully saturated rings. The van der Waals surface area contributed by atoms with Crippen LogP contribution in [-0.4, -0.2) is 34.0 Å². The molecule has 0 rings (SSSR count). The maximum absolute atomic E-state index is 11.0. The first-order valence-electron chi connectivity index (χ1n) is 3.45. The number of carbonyl (C=O) groups excluding carboxylic acids is 1. The molecule has 0 aromatic carbocycles. The first-order chi connectivity index (χ1) is 6.11. The molecule has 0 saturated heterocycles. The molecular formula is C7H10N3O3+. The summed E-state index contributed by atoms with van der Waals surface area (Å²) in [5.41, 5.74) is 6.39. The molecule has 0 aliphatic carbocycles. The predicted octanol–water partition coefficient (Wildman–Crippen LogP) is 0.0778. The van der Waals surface area contributed by atoms with Crippen LogP contribution in [0.5, 0.6) is 0 Å². The molecule has 70 valence electrons. The van der Waals surface area contributed by atoms with Gasteiger partial charge >= 0.3 is 12.3 Å². The standard InChI is InChI=1S/C7H9N3O3/c1-2-3-5(10-7(12)13)6(11)4-9-8/h2,4-5,8,10H,1,3H2/p+1. The van der Waals surface area contributed by atoms with Gasteiger partial charge in [-0.2, -0.15) is 0 Å². The summed E-state index contributed by atoms with van der Waals surface area (Å²) < 4.78 is 0. The van der Waals surface area contributed by atoms with E-state index in [1.807, 2.05) is 5.32 Å². The van der Waals surface area contributed by atoms with E-state index in [2.05, 4.69) is 11.4 Å². The van der Waals surface area contributed by atoms with Gasteiger partial charge in [-0.1, -0.05) is 6.08 Å². The lowest BCUT2D eigenvalue weighted by Crippen LogP contribution is -2.40. The molecule has 6 heteroatoms. The second kappa shape index (κ2) is 5.68. The van der Waals surface area contributed by atoms with Gasteiger partial charge in [0.1, 0.15) is 6.04 Å². The quantitative estimate of drug-likeness (QED) is 0.244. The Balaban J connectivity index is 4.39. The summed E-state index contributed by atoms with van der Waals surface area (Å²) in [5.74, 6) is -0.558.